The summed E-state index contributed by atoms with van der Waals surface area (Å²) in [5, 5.41) is 11.0. The van der Waals surface area contributed by atoms with E-state index < -0.39 is 0 Å². The zero-order chi connectivity index (χ0) is 20.2. The van der Waals surface area contributed by atoms with Crippen LogP contribution in [0.3, 0.4) is 0 Å². The van der Waals surface area contributed by atoms with E-state index in [4.69, 9.17) is 9.97 Å². The van der Waals surface area contributed by atoms with E-state index in [-0.39, 0.29) is 17.6 Å². The standard InChI is InChI=1S/C23H26N4O2/c1-14-4-3-5-16-12-17(13-28)21(26-19(14)16)27-10-8-23(9-11-27)7-6-18-20(23)24-15(2)25-22(18)29/h3-5,12,28H,6-11,13H2,1-2H3,(H,24,25,29). The monoisotopic (exact) mass is 390 g/mol. The second-order valence-corrected chi connectivity index (χ2v) is 8.52. The Morgan fingerprint density at radius 1 is 1.17 bits per heavy atom. The number of nitrogens with zero attached hydrogens (tertiary/aromatic N) is 3. The molecule has 29 heavy (non-hydrogen) atoms. The Hall–Kier alpha value is -2.73. The molecule has 0 amide bonds. The molecule has 3 aromatic rings. The van der Waals surface area contributed by atoms with Crippen molar-refractivity contribution in [1.29, 1.82) is 0 Å². The number of H-pyrrole nitrogens is 1. The number of hydrogen-bond acceptors (Lipinski definition) is 5. The highest BCUT2D eigenvalue weighted by molar-refractivity contribution is 5.84. The third-order valence-corrected chi connectivity index (χ3v) is 6.78. The number of aliphatic hydroxyl groups is 1. The Kier molecular flexibility index (Phi) is 4.21. The summed E-state index contributed by atoms with van der Waals surface area (Å²) < 4.78 is 0. The summed E-state index contributed by atoms with van der Waals surface area (Å²) in [6.45, 7) is 5.61. The molecule has 1 saturated heterocycles. The molecule has 0 radical (unpaired) electrons. The molecule has 5 rings (SSSR count). The average Bonchev–Trinajstić information content (AvgIpc) is 3.06. The highest BCUT2D eigenvalue weighted by Gasteiger charge is 2.44. The quantitative estimate of drug-likeness (QED) is 0.703. The third kappa shape index (κ3) is 2.85. The summed E-state index contributed by atoms with van der Waals surface area (Å²) in [5.41, 5.74) is 4.93. The van der Waals surface area contributed by atoms with E-state index in [1.807, 2.05) is 19.1 Å². The van der Waals surface area contributed by atoms with Gasteiger partial charge in [0.05, 0.1) is 17.8 Å². The summed E-state index contributed by atoms with van der Waals surface area (Å²) in [4.78, 5) is 27.2. The lowest BCUT2D eigenvalue weighted by molar-refractivity contribution is 0.280. The van der Waals surface area contributed by atoms with Crippen molar-refractivity contribution in [1.82, 2.24) is 15.0 Å². The van der Waals surface area contributed by atoms with Crippen LogP contribution >= 0.6 is 0 Å². The minimum Gasteiger partial charge on any atom is -0.392 e. The number of pyridine rings is 1. The highest BCUT2D eigenvalue weighted by Crippen LogP contribution is 2.45. The molecule has 0 bridgehead atoms. The summed E-state index contributed by atoms with van der Waals surface area (Å²) in [7, 11) is 0. The van der Waals surface area contributed by atoms with Crippen LogP contribution in [-0.2, 0) is 18.4 Å². The number of aryl methyl sites for hydroxylation is 2. The first kappa shape index (κ1) is 18.3. The molecule has 150 valence electrons. The molecular weight excluding hydrogens is 364 g/mol. The number of rotatable bonds is 2. The number of aliphatic hydroxyl groups excluding tert-OH is 1. The number of nitrogens with one attached hydrogen (secondary N) is 1. The molecule has 3 heterocycles. The number of fused-ring (bicyclic) bond motifs is 3. The average molecular weight is 390 g/mol. The molecule has 2 aromatic heterocycles. The highest BCUT2D eigenvalue weighted by atomic mass is 16.3. The fraction of sp³-hybridized carbons (Fsp3) is 0.435. The Balaban J connectivity index is 1.48. The zero-order valence-corrected chi connectivity index (χ0v) is 17.0. The molecular formula is C23H26N4O2. The zero-order valence-electron chi connectivity index (χ0n) is 17.0. The van der Waals surface area contributed by atoms with Gasteiger partial charge in [0.2, 0.25) is 0 Å². The predicted molar refractivity (Wildman–Crippen MR) is 113 cm³/mol. The molecule has 0 saturated carbocycles. The van der Waals surface area contributed by atoms with E-state index in [1.54, 1.807) is 0 Å². The summed E-state index contributed by atoms with van der Waals surface area (Å²) in [5.74, 6) is 1.59. The minimum atomic E-state index is -0.0210. The van der Waals surface area contributed by atoms with Gasteiger partial charge in [0, 0.05) is 35.0 Å². The number of anilines is 1. The number of aromatic nitrogens is 3. The smallest absolute Gasteiger partial charge is 0.254 e. The van der Waals surface area contributed by atoms with Crippen molar-refractivity contribution in [2.75, 3.05) is 18.0 Å². The molecule has 6 heteroatoms. The number of aromatic amines is 1. The van der Waals surface area contributed by atoms with E-state index in [9.17, 15) is 9.90 Å². The number of hydrogen-bond donors (Lipinski definition) is 2. The van der Waals surface area contributed by atoms with E-state index in [0.717, 1.165) is 77.9 Å². The maximum Gasteiger partial charge on any atom is 0.254 e. The minimum absolute atomic E-state index is 0.00298. The molecule has 0 atom stereocenters. The number of benzene rings is 1. The van der Waals surface area contributed by atoms with Crippen molar-refractivity contribution in [2.24, 2.45) is 0 Å². The second kappa shape index (κ2) is 6.66. The molecule has 2 N–H and O–H groups in total. The van der Waals surface area contributed by atoms with Crippen molar-refractivity contribution < 1.29 is 5.11 Å². The van der Waals surface area contributed by atoms with Crippen molar-refractivity contribution in [3.05, 3.63) is 62.8 Å². The van der Waals surface area contributed by atoms with Crippen LogP contribution in [0.25, 0.3) is 10.9 Å². The van der Waals surface area contributed by atoms with Gasteiger partial charge >= 0.3 is 0 Å². The van der Waals surface area contributed by atoms with Crippen LogP contribution in [-0.4, -0.2) is 33.1 Å². The van der Waals surface area contributed by atoms with Crippen LogP contribution in [0.1, 0.15) is 47.5 Å². The lowest BCUT2D eigenvalue weighted by Gasteiger charge is -2.40. The summed E-state index contributed by atoms with van der Waals surface area (Å²) in [6.07, 6.45) is 3.71. The SMILES string of the molecule is Cc1nc2c(c(=O)[nH]1)CCC21CCN(c2nc3c(C)cccc3cc2CO)CC1. The maximum atomic E-state index is 12.3. The van der Waals surface area contributed by atoms with Gasteiger partial charge in [0.15, 0.2) is 0 Å². The summed E-state index contributed by atoms with van der Waals surface area (Å²) >= 11 is 0. The van der Waals surface area contributed by atoms with E-state index in [0.29, 0.717) is 5.82 Å². The Labute approximate surface area is 169 Å². The van der Waals surface area contributed by atoms with Crippen LogP contribution in [0.15, 0.2) is 29.1 Å². The predicted octanol–water partition coefficient (Wildman–Crippen LogP) is 2.91. The Morgan fingerprint density at radius 2 is 1.97 bits per heavy atom. The van der Waals surface area contributed by atoms with Crippen LogP contribution in [0.5, 0.6) is 0 Å². The molecule has 1 aliphatic carbocycles. The Morgan fingerprint density at radius 3 is 2.72 bits per heavy atom. The first-order valence-corrected chi connectivity index (χ1v) is 10.4. The van der Waals surface area contributed by atoms with Gasteiger partial charge in [-0.3, -0.25) is 4.79 Å². The molecule has 1 spiro atoms. The van der Waals surface area contributed by atoms with Gasteiger partial charge in [-0.2, -0.15) is 0 Å². The van der Waals surface area contributed by atoms with Gasteiger partial charge < -0.3 is 15.0 Å². The lowest BCUT2D eigenvalue weighted by atomic mass is 9.76. The molecule has 0 unspecified atom stereocenters. The van der Waals surface area contributed by atoms with E-state index in [1.165, 1.54) is 0 Å². The normalized spacial score (nSPS) is 17.8. The largest absolute Gasteiger partial charge is 0.392 e. The van der Waals surface area contributed by atoms with Gasteiger partial charge in [-0.05, 0) is 51.2 Å². The van der Waals surface area contributed by atoms with Crippen LogP contribution in [0, 0.1) is 13.8 Å². The molecule has 1 aromatic carbocycles. The van der Waals surface area contributed by atoms with Gasteiger partial charge in [-0.25, -0.2) is 9.97 Å². The first-order valence-electron chi connectivity index (χ1n) is 10.4. The maximum absolute atomic E-state index is 12.3. The lowest BCUT2D eigenvalue weighted by Crippen LogP contribution is -2.43. The van der Waals surface area contributed by atoms with E-state index in [2.05, 4.69) is 28.9 Å². The van der Waals surface area contributed by atoms with Gasteiger partial charge in [-0.15, -0.1) is 0 Å². The van der Waals surface area contributed by atoms with Gasteiger partial charge in [-0.1, -0.05) is 18.2 Å². The molecule has 6 nitrogen and oxygen atoms in total. The van der Waals surface area contributed by atoms with Gasteiger partial charge in [0.25, 0.3) is 5.56 Å². The third-order valence-electron chi connectivity index (χ3n) is 6.78. The van der Waals surface area contributed by atoms with Crippen molar-refractivity contribution in [2.45, 2.75) is 51.6 Å². The molecule has 2 aliphatic rings. The first-order chi connectivity index (χ1) is 14.0. The van der Waals surface area contributed by atoms with Gasteiger partial charge in [0.1, 0.15) is 11.6 Å². The van der Waals surface area contributed by atoms with Crippen LogP contribution in [0.4, 0.5) is 5.82 Å². The second-order valence-electron chi connectivity index (χ2n) is 8.52. The van der Waals surface area contributed by atoms with Crippen molar-refractivity contribution >= 4 is 16.7 Å². The molecule has 1 fully saturated rings. The van der Waals surface area contributed by atoms with E-state index >= 15 is 0 Å². The van der Waals surface area contributed by atoms with Crippen LogP contribution in [0.2, 0.25) is 0 Å². The number of piperidine rings is 1. The fourth-order valence-electron chi connectivity index (χ4n) is 5.17. The van der Waals surface area contributed by atoms with Crippen molar-refractivity contribution in [3.63, 3.8) is 0 Å². The fourth-order valence-corrected chi connectivity index (χ4v) is 5.17. The Bertz CT molecular complexity index is 1160. The van der Waals surface area contributed by atoms with Crippen molar-refractivity contribution in [3.8, 4) is 0 Å². The van der Waals surface area contributed by atoms with Crippen LogP contribution < -0.4 is 10.5 Å². The number of para-hydroxylation sites is 1. The summed E-state index contributed by atoms with van der Waals surface area (Å²) in [6, 6.07) is 8.21. The topological polar surface area (TPSA) is 82.1 Å². The molecule has 1 aliphatic heterocycles.